The van der Waals surface area contributed by atoms with Gasteiger partial charge in [0.2, 0.25) is 0 Å². The Kier molecular flexibility index (Phi) is 2.90. The fourth-order valence-corrected chi connectivity index (χ4v) is 2.40. The summed E-state index contributed by atoms with van der Waals surface area (Å²) in [6, 6.07) is 8.63. The topological polar surface area (TPSA) is 17.1 Å². The smallest absolute Gasteiger partial charge is 0.133 e. The molecule has 0 saturated heterocycles. The van der Waals surface area contributed by atoms with Gasteiger partial charge in [0, 0.05) is 12.8 Å². The predicted octanol–water partition coefficient (Wildman–Crippen LogP) is 3.47. The maximum Gasteiger partial charge on any atom is 0.133 e. The summed E-state index contributed by atoms with van der Waals surface area (Å²) in [4.78, 5) is 11.5. The Morgan fingerprint density at radius 2 is 1.87 bits per heavy atom. The molecular weight excluding hydrogens is 184 g/mol. The summed E-state index contributed by atoms with van der Waals surface area (Å²) >= 11 is 0. The first-order valence-electron chi connectivity index (χ1n) is 5.75. The maximum atomic E-state index is 11.5. The second-order valence-electron chi connectivity index (χ2n) is 4.78. The Morgan fingerprint density at radius 1 is 1.20 bits per heavy atom. The molecule has 1 saturated carbocycles. The van der Waals surface area contributed by atoms with Crippen molar-refractivity contribution in [3.05, 3.63) is 35.4 Å². The van der Waals surface area contributed by atoms with Crippen LogP contribution in [0.1, 0.15) is 43.2 Å². The van der Waals surface area contributed by atoms with Gasteiger partial charge in [0.15, 0.2) is 0 Å². The number of rotatable bonds is 1. The fraction of sp³-hybridized carbons (Fsp3) is 0.500. The molecule has 0 unspecified atom stereocenters. The van der Waals surface area contributed by atoms with Gasteiger partial charge < -0.3 is 0 Å². The van der Waals surface area contributed by atoms with Crippen LogP contribution in [0.3, 0.4) is 0 Å². The van der Waals surface area contributed by atoms with E-state index in [0.717, 1.165) is 19.3 Å². The molecule has 1 aliphatic carbocycles. The van der Waals surface area contributed by atoms with Gasteiger partial charge >= 0.3 is 0 Å². The van der Waals surface area contributed by atoms with Gasteiger partial charge in [-0.15, -0.1) is 0 Å². The van der Waals surface area contributed by atoms with E-state index >= 15 is 0 Å². The molecule has 1 heteroatoms. The zero-order valence-electron chi connectivity index (χ0n) is 9.49. The van der Waals surface area contributed by atoms with Crippen LogP contribution in [-0.4, -0.2) is 5.78 Å². The van der Waals surface area contributed by atoms with Gasteiger partial charge in [0.1, 0.15) is 5.78 Å². The summed E-state index contributed by atoms with van der Waals surface area (Å²) in [5.41, 5.74) is 2.62. The third kappa shape index (κ3) is 2.28. The second-order valence-corrected chi connectivity index (χ2v) is 4.78. The molecule has 2 rings (SSSR count). The van der Waals surface area contributed by atoms with E-state index in [2.05, 4.69) is 38.1 Å². The van der Waals surface area contributed by atoms with Gasteiger partial charge in [-0.1, -0.05) is 36.8 Å². The van der Waals surface area contributed by atoms with Crippen molar-refractivity contribution >= 4 is 5.78 Å². The van der Waals surface area contributed by atoms with Crippen LogP contribution in [0.15, 0.2) is 24.3 Å². The van der Waals surface area contributed by atoms with Crippen LogP contribution in [-0.2, 0) is 4.79 Å². The number of benzene rings is 1. The minimum atomic E-state index is 0.429. The van der Waals surface area contributed by atoms with E-state index in [1.807, 2.05) is 0 Å². The molecule has 0 N–H and O–H groups in total. The van der Waals surface area contributed by atoms with Crippen LogP contribution in [0.4, 0.5) is 0 Å². The van der Waals surface area contributed by atoms with Crippen molar-refractivity contribution in [2.24, 2.45) is 5.92 Å². The standard InChI is InChI=1S/C14H18O/c1-10-3-6-12(7-4-10)14-9-13(15)8-5-11(14)2/h3-4,6-7,11,14H,5,8-9H2,1-2H3/t11-,14-/m0/s1. The Labute approximate surface area is 91.5 Å². The van der Waals surface area contributed by atoms with Crippen LogP contribution in [0.2, 0.25) is 0 Å². The van der Waals surface area contributed by atoms with E-state index in [4.69, 9.17) is 0 Å². The average molecular weight is 202 g/mol. The third-order valence-corrected chi connectivity index (χ3v) is 3.52. The lowest BCUT2D eigenvalue weighted by Crippen LogP contribution is -2.21. The molecule has 0 heterocycles. The molecule has 1 nitrogen and oxygen atoms in total. The van der Waals surface area contributed by atoms with Gasteiger partial charge in [-0.05, 0) is 30.7 Å². The molecule has 1 aliphatic rings. The average Bonchev–Trinajstić information content (AvgIpc) is 2.23. The first kappa shape index (κ1) is 10.4. The number of Topliss-reactive ketones (excluding diaryl/α,β-unsaturated/α-hetero) is 1. The summed E-state index contributed by atoms with van der Waals surface area (Å²) < 4.78 is 0. The maximum absolute atomic E-state index is 11.5. The van der Waals surface area contributed by atoms with Crippen molar-refractivity contribution in [2.45, 2.75) is 39.0 Å². The minimum absolute atomic E-state index is 0.429. The Bertz CT molecular complexity index is 350. The molecule has 0 bridgehead atoms. The summed E-state index contributed by atoms with van der Waals surface area (Å²) in [5.74, 6) is 1.52. The van der Waals surface area contributed by atoms with Gasteiger partial charge in [-0.25, -0.2) is 0 Å². The molecule has 1 aromatic carbocycles. The van der Waals surface area contributed by atoms with Gasteiger partial charge in [-0.3, -0.25) is 4.79 Å². The van der Waals surface area contributed by atoms with Crippen molar-refractivity contribution in [2.75, 3.05) is 0 Å². The van der Waals surface area contributed by atoms with E-state index < -0.39 is 0 Å². The molecule has 0 radical (unpaired) electrons. The molecule has 0 aliphatic heterocycles. The van der Waals surface area contributed by atoms with Crippen molar-refractivity contribution in [1.29, 1.82) is 0 Å². The monoisotopic (exact) mass is 202 g/mol. The van der Waals surface area contributed by atoms with E-state index in [-0.39, 0.29) is 0 Å². The molecule has 1 aromatic rings. The largest absolute Gasteiger partial charge is 0.300 e. The van der Waals surface area contributed by atoms with Crippen molar-refractivity contribution < 1.29 is 4.79 Å². The molecule has 0 amide bonds. The van der Waals surface area contributed by atoms with Crippen LogP contribution >= 0.6 is 0 Å². The zero-order chi connectivity index (χ0) is 10.8. The van der Waals surface area contributed by atoms with Crippen molar-refractivity contribution in [3.8, 4) is 0 Å². The highest BCUT2D eigenvalue weighted by Gasteiger charge is 2.27. The Balaban J connectivity index is 2.21. The van der Waals surface area contributed by atoms with E-state index in [1.54, 1.807) is 0 Å². The molecule has 0 spiro atoms. The number of hydrogen-bond acceptors (Lipinski definition) is 1. The first-order valence-corrected chi connectivity index (χ1v) is 5.75. The summed E-state index contributed by atoms with van der Waals surface area (Å²) in [7, 11) is 0. The third-order valence-electron chi connectivity index (χ3n) is 3.52. The lowest BCUT2D eigenvalue weighted by atomic mass is 9.76. The van der Waals surface area contributed by atoms with Crippen LogP contribution in [0.5, 0.6) is 0 Å². The first-order chi connectivity index (χ1) is 7.16. The Hall–Kier alpha value is -1.11. The van der Waals surface area contributed by atoms with E-state index in [1.165, 1.54) is 11.1 Å². The lowest BCUT2D eigenvalue weighted by molar-refractivity contribution is -0.121. The number of carbonyl (C=O) groups excluding carboxylic acids is 1. The number of carbonyl (C=O) groups is 1. The fourth-order valence-electron chi connectivity index (χ4n) is 2.40. The normalized spacial score (nSPS) is 26.7. The second kappa shape index (κ2) is 4.18. The SMILES string of the molecule is Cc1ccc([C@H]2CC(=O)CC[C@@H]2C)cc1. The molecule has 15 heavy (non-hydrogen) atoms. The highest BCUT2D eigenvalue weighted by Crippen LogP contribution is 2.35. The van der Waals surface area contributed by atoms with Crippen molar-refractivity contribution in [3.63, 3.8) is 0 Å². The van der Waals surface area contributed by atoms with Gasteiger partial charge in [0.05, 0.1) is 0 Å². The quantitative estimate of drug-likeness (QED) is 0.681. The van der Waals surface area contributed by atoms with Gasteiger partial charge in [0.25, 0.3) is 0 Å². The van der Waals surface area contributed by atoms with E-state index in [9.17, 15) is 4.79 Å². The predicted molar refractivity (Wildman–Crippen MR) is 61.9 cm³/mol. The van der Waals surface area contributed by atoms with Crippen molar-refractivity contribution in [1.82, 2.24) is 0 Å². The molecule has 2 atom stereocenters. The van der Waals surface area contributed by atoms with Crippen LogP contribution < -0.4 is 0 Å². The van der Waals surface area contributed by atoms with Gasteiger partial charge in [-0.2, -0.15) is 0 Å². The highest BCUT2D eigenvalue weighted by atomic mass is 16.1. The molecule has 0 aromatic heterocycles. The molecular formula is C14H18O. The molecule has 1 fully saturated rings. The number of hydrogen-bond donors (Lipinski definition) is 0. The molecule has 80 valence electrons. The summed E-state index contributed by atoms with van der Waals surface area (Å²) in [5, 5.41) is 0. The van der Waals surface area contributed by atoms with Crippen LogP contribution in [0.25, 0.3) is 0 Å². The highest BCUT2D eigenvalue weighted by molar-refractivity contribution is 5.80. The van der Waals surface area contributed by atoms with E-state index in [0.29, 0.717) is 17.6 Å². The van der Waals surface area contributed by atoms with Crippen LogP contribution in [0, 0.1) is 12.8 Å². The Morgan fingerprint density at radius 3 is 2.53 bits per heavy atom. The number of ketones is 1. The lowest BCUT2D eigenvalue weighted by Gasteiger charge is -2.28. The zero-order valence-corrected chi connectivity index (χ0v) is 9.49. The minimum Gasteiger partial charge on any atom is -0.300 e. The number of aryl methyl sites for hydroxylation is 1. The summed E-state index contributed by atoms with van der Waals surface area (Å²) in [6.45, 7) is 4.36. The summed E-state index contributed by atoms with van der Waals surface area (Å²) in [6.07, 6.45) is 2.57.